The van der Waals surface area contributed by atoms with Gasteiger partial charge in [-0.2, -0.15) is 0 Å². The first-order valence-corrected chi connectivity index (χ1v) is 8.35. The summed E-state index contributed by atoms with van der Waals surface area (Å²) < 4.78 is 0. The smallest absolute Gasteiger partial charge is 0.317 e. The highest BCUT2D eigenvalue weighted by atomic mass is 16.2. The zero-order valence-electron chi connectivity index (χ0n) is 13.9. The highest BCUT2D eigenvalue weighted by molar-refractivity contribution is 5.79. The van der Waals surface area contributed by atoms with Gasteiger partial charge in [-0.15, -0.1) is 0 Å². The van der Waals surface area contributed by atoms with Gasteiger partial charge in [0.05, 0.1) is 6.04 Å². The summed E-state index contributed by atoms with van der Waals surface area (Å²) >= 11 is 0. The van der Waals surface area contributed by atoms with Crippen LogP contribution in [0.15, 0.2) is 30.3 Å². The van der Waals surface area contributed by atoms with E-state index in [1.54, 1.807) is 0 Å². The summed E-state index contributed by atoms with van der Waals surface area (Å²) in [5.41, 5.74) is 1.26. The number of carbonyl (C=O) groups is 2. The molecule has 5 nitrogen and oxygen atoms in total. The number of nitrogens with one attached hydrogen (secondary N) is 1. The molecule has 124 valence electrons. The molecule has 0 aliphatic carbocycles. The normalized spacial score (nSPS) is 21.1. The summed E-state index contributed by atoms with van der Waals surface area (Å²) in [5.74, 6) is 0.202. The number of nitrogens with zero attached hydrogens (tertiary/aromatic N) is 2. The van der Waals surface area contributed by atoms with E-state index >= 15 is 0 Å². The Labute approximate surface area is 137 Å². The topological polar surface area (TPSA) is 52.7 Å². The third kappa shape index (κ3) is 3.33. The molecule has 2 fully saturated rings. The summed E-state index contributed by atoms with van der Waals surface area (Å²) in [6, 6.07) is 10.5. The van der Waals surface area contributed by atoms with E-state index < -0.39 is 0 Å². The quantitative estimate of drug-likeness (QED) is 0.924. The molecule has 1 aromatic carbocycles. The van der Waals surface area contributed by atoms with Crippen molar-refractivity contribution in [3.05, 3.63) is 35.9 Å². The molecule has 1 unspecified atom stereocenters. The van der Waals surface area contributed by atoms with Crippen LogP contribution in [0.4, 0.5) is 4.79 Å². The van der Waals surface area contributed by atoms with Crippen LogP contribution < -0.4 is 5.32 Å². The minimum atomic E-state index is -0.0103. The molecule has 2 aliphatic rings. The number of fused-ring (bicyclic) bond motifs is 1. The Morgan fingerprint density at radius 3 is 2.74 bits per heavy atom. The van der Waals surface area contributed by atoms with Gasteiger partial charge in [-0.3, -0.25) is 4.79 Å². The average molecular weight is 315 g/mol. The van der Waals surface area contributed by atoms with E-state index in [0.717, 1.165) is 6.42 Å². The molecule has 3 rings (SSSR count). The first-order valence-electron chi connectivity index (χ1n) is 8.35. The Bertz CT molecular complexity index is 585. The van der Waals surface area contributed by atoms with Crippen molar-refractivity contribution < 1.29 is 9.59 Å². The molecule has 3 amide bonds. The van der Waals surface area contributed by atoms with Crippen LogP contribution in [-0.4, -0.2) is 54.0 Å². The Kier molecular flexibility index (Phi) is 4.28. The largest absolute Gasteiger partial charge is 0.339 e. The van der Waals surface area contributed by atoms with Gasteiger partial charge in [-0.05, 0) is 17.4 Å². The molecule has 0 bridgehead atoms. The Morgan fingerprint density at radius 1 is 1.26 bits per heavy atom. The van der Waals surface area contributed by atoms with Crippen LogP contribution >= 0.6 is 0 Å². The number of urea groups is 1. The van der Waals surface area contributed by atoms with Gasteiger partial charge in [0.2, 0.25) is 5.91 Å². The zero-order chi connectivity index (χ0) is 16.4. The maximum Gasteiger partial charge on any atom is 0.317 e. The monoisotopic (exact) mass is 315 g/mol. The Hall–Kier alpha value is -2.04. The van der Waals surface area contributed by atoms with Crippen LogP contribution in [0.5, 0.6) is 0 Å². The summed E-state index contributed by atoms with van der Waals surface area (Å²) in [5, 5.41) is 2.85. The fourth-order valence-electron chi connectivity index (χ4n) is 3.44. The van der Waals surface area contributed by atoms with Crippen molar-refractivity contribution in [2.45, 2.75) is 38.1 Å². The highest BCUT2D eigenvalue weighted by Gasteiger charge is 2.37. The fraction of sp³-hybridized carbons (Fsp3) is 0.556. The minimum absolute atomic E-state index is 0.00677. The van der Waals surface area contributed by atoms with Gasteiger partial charge in [0.15, 0.2) is 0 Å². The predicted octanol–water partition coefficient (Wildman–Crippen LogP) is 1.98. The van der Waals surface area contributed by atoms with Crippen molar-refractivity contribution in [2.24, 2.45) is 0 Å². The molecule has 2 aliphatic heterocycles. The van der Waals surface area contributed by atoms with Crippen molar-refractivity contribution >= 4 is 11.9 Å². The number of carbonyl (C=O) groups excluding carboxylic acids is 2. The van der Waals surface area contributed by atoms with Crippen molar-refractivity contribution in [3.63, 3.8) is 0 Å². The Morgan fingerprint density at radius 2 is 2.00 bits per heavy atom. The van der Waals surface area contributed by atoms with E-state index in [1.165, 1.54) is 5.56 Å². The van der Waals surface area contributed by atoms with Gasteiger partial charge in [-0.25, -0.2) is 4.79 Å². The maximum absolute atomic E-state index is 12.5. The SMILES string of the molecule is CC(C)(CCC(=O)N1CCN2C(=O)NCC2C1)c1ccccc1. The third-order valence-electron chi connectivity index (χ3n) is 5.10. The van der Waals surface area contributed by atoms with Crippen LogP contribution in [-0.2, 0) is 10.2 Å². The molecule has 0 saturated carbocycles. The van der Waals surface area contributed by atoms with E-state index in [9.17, 15) is 9.59 Å². The molecule has 2 saturated heterocycles. The average Bonchev–Trinajstić information content (AvgIpc) is 2.94. The van der Waals surface area contributed by atoms with Gasteiger partial charge in [0.1, 0.15) is 0 Å². The molecule has 0 aromatic heterocycles. The fourth-order valence-corrected chi connectivity index (χ4v) is 3.44. The minimum Gasteiger partial charge on any atom is -0.339 e. The van der Waals surface area contributed by atoms with Gasteiger partial charge >= 0.3 is 6.03 Å². The molecule has 2 heterocycles. The van der Waals surface area contributed by atoms with Crippen molar-refractivity contribution in [3.8, 4) is 0 Å². The van der Waals surface area contributed by atoms with E-state index in [-0.39, 0.29) is 23.4 Å². The number of hydrogen-bond acceptors (Lipinski definition) is 2. The lowest BCUT2D eigenvalue weighted by atomic mass is 9.80. The molecule has 1 atom stereocenters. The van der Waals surface area contributed by atoms with E-state index in [2.05, 4.69) is 31.3 Å². The highest BCUT2D eigenvalue weighted by Crippen LogP contribution is 2.28. The molecule has 5 heteroatoms. The van der Waals surface area contributed by atoms with Crippen LogP contribution in [0.1, 0.15) is 32.3 Å². The number of hydrogen-bond donors (Lipinski definition) is 1. The molecular weight excluding hydrogens is 290 g/mol. The second-order valence-corrected chi connectivity index (χ2v) is 7.12. The van der Waals surface area contributed by atoms with E-state index in [1.807, 2.05) is 28.0 Å². The number of amides is 3. The van der Waals surface area contributed by atoms with Crippen molar-refractivity contribution in [1.29, 1.82) is 0 Å². The number of benzene rings is 1. The van der Waals surface area contributed by atoms with Crippen LogP contribution in [0.3, 0.4) is 0 Å². The van der Waals surface area contributed by atoms with Gasteiger partial charge < -0.3 is 15.1 Å². The number of rotatable bonds is 4. The molecular formula is C18H25N3O2. The lowest BCUT2D eigenvalue weighted by molar-refractivity contribution is -0.133. The second kappa shape index (κ2) is 6.22. The summed E-state index contributed by atoms with van der Waals surface area (Å²) in [4.78, 5) is 27.9. The van der Waals surface area contributed by atoms with Crippen LogP contribution in [0, 0.1) is 0 Å². The predicted molar refractivity (Wildman–Crippen MR) is 89.2 cm³/mol. The lowest BCUT2D eigenvalue weighted by Gasteiger charge is -2.37. The summed E-state index contributed by atoms with van der Waals surface area (Å²) in [6.45, 7) is 6.97. The van der Waals surface area contributed by atoms with E-state index in [4.69, 9.17) is 0 Å². The molecule has 0 spiro atoms. The van der Waals surface area contributed by atoms with Crippen molar-refractivity contribution in [1.82, 2.24) is 15.1 Å². The molecule has 1 N–H and O–H groups in total. The summed E-state index contributed by atoms with van der Waals surface area (Å²) in [6.07, 6.45) is 1.38. The van der Waals surface area contributed by atoms with Gasteiger partial charge in [0.25, 0.3) is 0 Å². The lowest BCUT2D eigenvalue weighted by Crippen LogP contribution is -2.53. The standard InChI is InChI=1S/C18H25N3O2/c1-18(2,14-6-4-3-5-7-14)9-8-16(22)20-10-11-21-15(13-20)12-19-17(21)23/h3-7,15H,8-13H2,1-2H3,(H,19,23). The third-order valence-corrected chi connectivity index (χ3v) is 5.10. The van der Waals surface area contributed by atoms with Crippen LogP contribution in [0.25, 0.3) is 0 Å². The van der Waals surface area contributed by atoms with Gasteiger partial charge in [-0.1, -0.05) is 44.2 Å². The second-order valence-electron chi connectivity index (χ2n) is 7.12. The summed E-state index contributed by atoms with van der Waals surface area (Å²) in [7, 11) is 0. The van der Waals surface area contributed by atoms with Gasteiger partial charge in [0, 0.05) is 32.6 Å². The molecule has 23 heavy (non-hydrogen) atoms. The first-order chi connectivity index (χ1) is 11.0. The molecule has 1 aromatic rings. The zero-order valence-corrected chi connectivity index (χ0v) is 13.9. The van der Waals surface area contributed by atoms with E-state index in [0.29, 0.717) is 32.6 Å². The first kappa shape index (κ1) is 15.8. The Balaban J connectivity index is 1.55. The molecule has 0 radical (unpaired) electrons. The van der Waals surface area contributed by atoms with Crippen LogP contribution in [0.2, 0.25) is 0 Å². The van der Waals surface area contributed by atoms with Crippen molar-refractivity contribution in [2.75, 3.05) is 26.2 Å². The maximum atomic E-state index is 12.5. The number of piperazine rings is 1.